The van der Waals surface area contributed by atoms with Gasteiger partial charge in [-0.3, -0.25) is 5.41 Å². The van der Waals surface area contributed by atoms with Crippen molar-refractivity contribution in [2.75, 3.05) is 0 Å². The number of hydrogen-bond acceptors (Lipinski definition) is 4. The Labute approximate surface area is 86.7 Å². The molecule has 0 unspecified atom stereocenters. The van der Waals surface area contributed by atoms with E-state index in [1.54, 1.807) is 18.2 Å². The maximum Gasteiger partial charge on any atom is 0.235 e. The van der Waals surface area contributed by atoms with Gasteiger partial charge in [0.1, 0.15) is 5.04 Å². The van der Waals surface area contributed by atoms with Gasteiger partial charge in [-0.1, -0.05) is 24.8 Å². The van der Waals surface area contributed by atoms with Crippen LogP contribution in [0, 0.1) is 5.41 Å². The van der Waals surface area contributed by atoms with E-state index in [4.69, 9.17) is 5.41 Å². The average molecular weight is 227 g/mol. The van der Waals surface area contributed by atoms with Gasteiger partial charge in [0.2, 0.25) is 8.87 Å². The molecule has 0 amide bonds. The Hall–Kier alpha value is -1.07. The molecule has 0 aliphatic carbocycles. The van der Waals surface area contributed by atoms with E-state index in [0.29, 0.717) is 10.8 Å². The number of benzene rings is 1. The van der Waals surface area contributed by atoms with Crippen LogP contribution >= 0.6 is 10.8 Å². The van der Waals surface area contributed by atoms with E-state index in [9.17, 15) is 8.42 Å². The molecule has 0 saturated carbocycles. The first-order valence-corrected chi connectivity index (χ1v) is 6.58. The minimum absolute atomic E-state index is 0.0751. The molecule has 1 rings (SSSR count). The zero-order valence-corrected chi connectivity index (χ0v) is 8.94. The van der Waals surface area contributed by atoms with Crippen LogP contribution in [-0.4, -0.2) is 13.5 Å². The SMILES string of the molecule is C=CC(=N)SS(=O)(=O)c1ccccc1. The van der Waals surface area contributed by atoms with Crippen LogP contribution in [0.4, 0.5) is 0 Å². The summed E-state index contributed by atoms with van der Waals surface area (Å²) >= 11 is 0. The van der Waals surface area contributed by atoms with Crippen LogP contribution in [0.2, 0.25) is 0 Å². The van der Waals surface area contributed by atoms with Crippen LogP contribution < -0.4 is 0 Å². The van der Waals surface area contributed by atoms with Crippen LogP contribution in [0.1, 0.15) is 0 Å². The summed E-state index contributed by atoms with van der Waals surface area (Å²) in [4.78, 5) is 0.205. The van der Waals surface area contributed by atoms with Crippen LogP contribution in [-0.2, 0) is 8.87 Å². The molecule has 1 aromatic rings. The highest BCUT2D eigenvalue weighted by molar-refractivity contribution is 8.78. The van der Waals surface area contributed by atoms with Gasteiger partial charge in [-0.05, 0) is 18.2 Å². The molecule has 74 valence electrons. The molecule has 0 radical (unpaired) electrons. The molecule has 14 heavy (non-hydrogen) atoms. The summed E-state index contributed by atoms with van der Waals surface area (Å²) in [6.07, 6.45) is 1.20. The van der Waals surface area contributed by atoms with Crippen molar-refractivity contribution in [3.8, 4) is 0 Å². The normalized spacial score (nSPS) is 10.9. The van der Waals surface area contributed by atoms with Crippen molar-refractivity contribution in [3.63, 3.8) is 0 Å². The fourth-order valence-electron chi connectivity index (χ4n) is 0.787. The Morgan fingerprint density at radius 2 is 1.93 bits per heavy atom. The molecule has 0 fully saturated rings. The van der Waals surface area contributed by atoms with Crippen molar-refractivity contribution in [2.24, 2.45) is 0 Å². The lowest BCUT2D eigenvalue weighted by Gasteiger charge is -2.00. The fraction of sp³-hybridized carbons (Fsp3) is 0. The van der Waals surface area contributed by atoms with Crippen molar-refractivity contribution in [3.05, 3.63) is 43.0 Å². The van der Waals surface area contributed by atoms with E-state index in [0.717, 1.165) is 0 Å². The average Bonchev–Trinajstić information content (AvgIpc) is 2.18. The number of nitrogens with one attached hydrogen (secondary N) is 1. The Balaban J connectivity index is 2.98. The molecule has 1 N–H and O–H groups in total. The number of hydrogen-bond donors (Lipinski definition) is 1. The molecule has 0 saturated heterocycles. The van der Waals surface area contributed by atoms with Crippen LogP contribution in [0.5, 0.6) is 0 Å². The van der Waals surface area contributed by atoms with Gasteiger partial charge in [-0.2, -0.15) is 0 Å². The first-order valence-electron chi connectivity index (χ1n) is 3.77. The quantitative estimate of drug-likeness (QED) is 0.489. The lowest BCUT2D eigenvalue weighted by Crippen LogP contribution is -1.98. The van der Waals surface area contributed by atoms with Gasteiger partial charge in [-0.15, -0.1) is 0 Å². The predicted octanol–water partition coefficient (Wildman–Crippen LogP) is 2.27. The summed E-state index contributed by atoms with van der Waals surface area (Å²) in [5, 5.41) is 7.13. The molecule has 0 atom stereocenters. The van der Waals surface area contributed by atoms with Crippen molar-refractivity contribution in [1.82, 2.24) is 0 Å². The monoisotopic (exact) mass is 227 g/mol. The van der Waals surface area contributed by atoms with Crippen molar-refractivity contribution in [2.45, 2.75) is 4.90 Å². The minimum Gasteiger partial charge on any atom is -0.293 e. The highest BCUT2D eigenvalue weighted by atomic mass is 33.1. The second kappa shape index (κ2) is 4.43. The third-order valence-corrected chi connectivity index (χ3v) is 4.61. The van der Waals surface area contributed by atoms with Gasteiger partial charge in [0, 0.05) is 10.8 Å². The van der Waals surface area contributed by atoms with E-state index in [2.05, 4.69) is 6.58 Å². The lowest BCUT2D eigenvalue weighted by atomic mass is 10.4. The zero-order valence-electron chi connectivity index (χ0n) is 7.30. The molecule has 5 heteroatoms. The molecular weight excluding hydrogens is 218 g/mol. The smallest absolute Gasteiger partial charge is 0.235 e. The van der Waals surface area contributed by atoms with E-state index in [1.165, 1.54) is 18.2 Å². The Morgan fingerprint density at radius 1 is 1.36 bits per heavy atom. The molecule has 0 heterocycles. The fourth-order valence-corrected chi connectivity index (χ4v) is 3.21. The maximum absolute atomic E-state index is 11.6. The largest absolute Gasteiger partial charge is 0.293 e. The lowest BCUT2D eigenvalue weighted by molar-refractivity contribution is 0.610. The Kier molecular flexibility index (Phi) is 3.49. The number of rotatable bonds is 3. The van der Waals surface area contributed by atoms with Crippen LogP contribution in [0.15, 0.2) is 47.9 Å². The Morgan fingerprint density at radius 3 is 2.43 bits per heavy atom. The van der Waals surface area contributed by atoms with Crippen molar-refractivity contribution >= 4 is 24.7 Å². The van der Waals surface area contributed by atoms with Gasteiger partial charge in [0.25, 0.3) is 0 Å². The van der Waals surface area contributed by atoms with Crippen molar-refractivity contribution in [1.29, 1.82) is 5.41 Å². The van der Waals surface area contributed by atoms with Gasteiger partial charge in [0.15, 0.2) is 0 Å². The van der Waals surface area contributed by atoms with Gasteiger partial charge in [-0.25, -0.2) is 8.42 Å². The minimum atomic E-state index is -3.45. The van der Waals surface area contributed by atoms with Crippen LogP contribution in [0.25, 0.3) is 0 Å². The molecule has 0 spiro atoms. The highest BCUT2D eigenvalue weighted by Crippen LogP contribution is 2.23. The topological polar surface area (TPSA) is 58.0 Å². The second-order valence-corrected chi connectivity index (χ2v) is 6.22. The summed E-state index contributed by atoms with van der Waals surface area (Å²) in [7, 11) is -2.96. The van der Waals surface area contributed by atoms with Crippen molar-refractivity contribution < 1.29 is 8.42 Å². The standard InChI is InChI=1S/C9H9NO2S2/c1-2-9(10)13-14(11,12)8-6-4-3-5-7-8/h2-7,10H,1H2. The maximum atomic E-state index is 11.6. The molecule has 0 aliphatic rings. The zero-order chi connectivity index (χ0) is 10.6. The summed E-state index contributed by atoms with van der Waals surface area (Å²) in [6, 6.07) is 8.02. The molecular formula is C9H9NO2S2. The molecule has 0 bridgehead atoms. The molecule has 0 aliphatic heterocycles. The molecule has 0 aromatic heterocycles. The molecule has 1 aromatic carbocycles. The first-order chi connectivity index (χ1) is 6.56. The van der Waals surface area contributed by atoms with Gasteiger partial charge < -0.3 is 0 Å². The third-order valence-electron chi connectivity index (χ3n) is 1.42. The van der Waals surface area contributed by atoms with Crippen LogP contribution in [0.3, 0.4) is 0 Å². The summed E-state index contributed by atoms with van der Waals surface area (Å²) in [6.45, 7) is 3.33. The summed E-state index contributed by atoms with van der Waals surface area (Å²) in [5.74, 6) is 0. The summed E-state index contributed by atoms with van der Waals surface area (Å²) in [5.41, 5.74) is 0. The van der Waals surface area contributed by atoms with E-state index < -0.39 is 8.87 Å². The van der Waals surface area contributed by atoms with E-state index in [1.807, 2.05) is 0 Å². The highest BCUT2D eigenvalue weighted by Gasteiger charge is 2.15. The van der Waals surface area contributed by atoms with E-state index >= 15 is 0 Å². The first kappa shape index (κ1) is 11.0. The van der Waals surface area contributed by atoms with Gasteiger partial charge >= 0.3 is 0 Å². The van der Waals surface area contributed by atoms with Gasteiger partial charge in [0.05, 0.1) is 4.90 Å². The molecule has 3 nitrogen and oxygen atoms in total. The summed E-state index contributed by atoms with van der Waals surface area (Å²) < 4.78 is 23.2. The van der Waals surface area contributed by atoms with E-state index in [-0.39, 0.29) is 9.94 Å². The third kappa shape index (κ3) is 2.71. The second-order valence-electron chi connectivity index (χ2n) is 2.42. The Bertz CT molecular complexity index is 437. The predicted molar refractivity (Wildman–Crippen MR) is 59.1 cm³/mol.